The number of aliphatic hydroxyl groups is 1. The van der Waals surface area contributed by atoms with E-state index in [4.69, 9.17) is 4.74 Å². The molecule has 6 heteroatoms. The van der Waals surface area contributed by atoms with Gasteiger partial charge < -0.3 is 15.2 Å². The summed E-state index contributed by atoms with van der Waals surface area (Å²) in [6, 6.07) is 11.5. The second-order valence-electron chi connectivity index (χ2n) is 6.22. The van der Waals surface area contributed by atoms with Crippen LogP contribution in [0.1, 0.15) is 18.4 Å². The predicted molar refractivity (Wildman–Crippen MR) is 88.2 cm³/mol. The Balaban J connectivity index is 1.49. The first-order valence-corrected chi connectivity index (χ1v) is 8.10. The maximum atomic E-state index is 13.0. The fraction of sp³-hybridized carbons (Fsp3) is 0.316. The largest absolute Gasteiger partial charge is 0.491 e. The summed E-state index contributed by atoms with van der Waals surface area (Å²) in [7, 11) is 0. The predicted octanol–water partition coefficient (Wildman–Crippen LogP) is 2.55. The molecule has 2 aromatic carbocycles. The van der Waals surface area contributed by atoms with Crippen LogP contribution in [0.5, 0.6) is 5.75 Å². The average Bonchev–Trinajstić information content (AvgIpc) is 3.40. The van der Waals surface area contributed by atoms with E-state index in [0.717, 1.165) is 5.56 Å². The van der Waals surface area contributed by atoms with Gasteiger partial charge >= 0.3 is 0 Å². The van der Waals surface area contributed by atoms with Crippen LogP contribution in [0.25, 0.3) is 0 Å². The molecule has 2 aromatic rings. The lowest BCUT2D eigenvalue weighted by atomic mass is 9.95. The Kier molecular flexibility index (Phi) is 4.99. The van der Waals surface area contributed by atoms with Crippen molar-refractivity contribution in [2.75, 3.05) is 13.2 Å². The Morgan fingerprint density at radius 2 is 1.88 bits per heavy atom. The second-order valence-corrected chi connectivity index (χ2v) is 6.22. The molecule has 2 N–H and O–H groups in total. The van der Waals surface area contributed by atoms with Crippen molar-refractivity contribution >= 4 is 5.91 Å². The summed E-state index contributed by atoms with van der Waals surface area (Å²) in [5, 5.41) is 12.6. The molecule has 1 aliphatic carbocycles. The normalized spacial score (nSPS) is 16.1. The van der Waals surface area contributed by atoms with Crippen LogP contribution >= 0.6 is 0 Å². The summed E-state index contributed by atoms with van der Waals surface area (Å²) in [5.74, 6) is -0.639. The van der Waals surface area contributed by atoms with Crippen molar-refractivity contribution in [3.63, 3.8) is 0 Å². The third-order valence-electron chi connectivity index (χ3n) is 4.32. The lowest BCUT2D eigenvalue weighted by Crippen LogP contribution is -2.40. The van der Waals surface area contributed by atoms with Crippen molar-refractivity contribution in [2.24, 2.45) is 0 Å². The Morgan fingerprint density at radius 1 is 1.16 bits per heavy atom. The standard InChI is InChI=1S/C19H19F2NO3/c20-14-6-4-13(5-7-14)19(8-9-19)18(24)22-11-16(23)12-25-17-3-1-2-15(21)10-17/h1-7,10,16,23H,8-9,11-12H2,(H,22,24). The van der Waals surface area contributed by atoms with Crippen LogP contribution in [0.15, 0.2) is 48.5 Å². The molecule has 1 aliphatic rings. The Labute approximate surface area is 144 Å². The topological polar surface area (TPSA) is 58.6 Å². The van der Waals surface area contributed by atoms with Crippen molar-refractivity contribution in [1.29, 1.82) is 0 Å². The van der Waals surface area contributed by atoms with E-state index < -0.39 is 17.3 Å². The molecule has 1 fully saturated rings. The highest BCUT2D eigenvalue weighted by Gasteiger charge is 2.51. The van der Waals surface area contributed by atoms with Crippen molar-refractivity contribution in [3.05, 3.63) is 65.7 Å². The summed E-state index contributed by atoms with van der Waals surface area (Å²) >= 11 is 0. The minimum absolute atomic E-state index is 0.0249. The first-order chi connectivity index (χ1) is 12.0. The number of ether oxygens (including phenoxy) is 1. The van der Waals surface area contributed by atoms with Gasteiger partial charge in [0.2, 0.25) is 5.91 Å². The van der Waals surface area contributed by atoms with E-state index >= 15 is 0 Å². The molecule has 0 radical (unpaired) electrons. The van der Waals surface area contributed by atoms with E-state index in [0.29, 0.717) is 18.6 Å². The quantitative estimate of drug-likeness (QED) is 0.809. The zero-order valence-corrected chi connectivity index (χ0v) is 13.5. The Morgan fingerprint density at radius 3 is 2.52 bits per heavy atom. The minimum atomic E-state index is -0.920. The number of hydrogen-bond donors (Lipinski definition) is 2. The number of hydrogen-bond acceptors (Lipinski definition) is 3. The first-order valence-electron chi connectivity index (χ1n) is 8.10. The molecule has 0 bridgehead atoms. The van der Waals surface area contributed by atoms with Gasteiger partial charge in [0.1, 0.15) is 30.1 Å². The van der Waals surface area contributed by atoms with Crippen LogP contribution in [0.2, 0.25) is 0 Å². The highest BCUT2D eigenvalue weighted by Crippen LogP contribution is 2.48. The van der Waals surface area contributed by atoms with Gasteiger partial charge in [0.25, 0.3) is 0 Å². The summed E-state index contributed by atoms with van der Waals surface area (Å²) < 4.78 is 31.4. The molecular formula is C19H19F2NO3. The zero-order chi connectivity index (χ0) is 17.9. The highest BCUT2D eigenvalue weighted by atomic mass is 19.1. The van der Waals surface area contributed by atoms with Crippen molar-refractivity contribution in [3.8, 4) is 5.75 Å². The molecule has 0 heterocycles. The monoisotopic (exact) mass is 347 g/mol. The first kappa shape index (κ1) is 17.4. The van der Waals surface area contributed by atoms with Gasteiger partial charge in [-0.15, -0.1) is 0 Å². The van der Waals surface area contributed by atoms with E-state index in [1.165, 1.54) is 30.3 Å². The maximum absolute atomic E-state index is 13.0. The molecule has 25 heavy (non-hydrogen) atoms. The number of aliphatic hydroxyl groups excluding tert-OH is 1. The van der Waals surface area contributed by atoms with Crippen molar-refractivity contribution in [2.45, 2.75) is 24.4 Å². The van der Waals surface area contributed by atoms with Gasteiger partial charge in [0.05, 0.1) is 5.41 Å². The Bertz CT molecular complexity index is 745. The van der Waals surface area contributed by atoms with Gasteiger partial charge in [-0.2, -0.15) is 0 Å². The fourth-order valence-electron chi connectivity index (χ4n) is 2.73. The number of benzene rings is 2. The van der Waals surface area contributed by atoms with Crippen LogP contribution in [-0.2, 0) is 10.2 Å². The number of nitrogens with one attached hydrogen (secondary N) is 1. The molecule has 1 amide bonds. The summed E-state index contributed by atoms with van der Waals surface area (Å²) in [6.45, 7) is -0.0373. The molecule has 4 nitrogen and oxygen atoms in total. The molecule has 3 rings (SSSR count). The molecule has 1 saturated carbocycles. The number of carbonyl (C=O) groups is 1. The smallest absolute Gasteiger partial charge is 0.230 e. The maximum Gasteiger partial charge on any atom is 0.230 e. The van der Waals surface area contributed by atoms with Gasteiger partial charge in [-0.1, -0.05) is 18.2 Å². The van der Waals surface area contributed by atoms with Gasteiger partial charge in [0.15, 0.2) is 0 Å². The van der Waals surface area contributed by atoms with Crippen LogP contribution < -0.4 is 10.1 Å². The van der Waals surface area contributed by atoms with Crippen LogP contribution in [-0.4, -0.2) is 30.3 Å². The van der Waals surface area contributed by atoms with E-state index in [9.17, 15) is 18.7 Å². The molecular weight excluding hydrogens is 328 g/mol. The van der Waals surface area contributed by atoms with Crippen LogP contribution in [0.3, 0.4) is 0 Å². The molecule has 1 atom stereocenters. The SMILES string of the molecule is O=C(NCC(O)COc1cccc(F)c1)C1(c2ccc(F)cc2)CC1. The number of halogens is 2. The highest BCUT2D eigenvalue weighted by molar-refractivity contribution is 5.91. The summed E-state index contributed by atoms with van der Waals surface area (Å²) in [6.07, 6.45) is 0.469. The second kappa shape index (κ2) is 7.19. The molecule has 0 saturated heterocycles. The van der Waals surface area contributed by atoms with E-state index in [2.05, 4.69) is 5.32 Å². The lowest BCUT2D eigenvalue weighted by molar-refractivity contribution is -0.124. The van der Waals surface area contributed by atoms with Crippen molar-refractivity contribution < 1.29 is 23.4 Å². The van der Waals surface area contributed by atoms with E-state index in [-0.39, 0.29) is 24.9 Å². The van der Waals surface area contributed by atoms with Gasteiger partial charge in [-0.3, -0.25) is 4.79 Å². The zero-order valence-electron chi connectivity index (χ0n) is 13.5. The van der Waals surface area contributed by atoms with Gasteiger partial charge in [-0.25, -0.2) is 8.78 Å². The lowest BCUT2D eigenvalue weighted by Gasteiger charge is -2.18. The Hall–Kier alpha value is -2.47. The summed E-state index contributed by atoms with van der Waals surface area (Å²) in [4.78, 5) is 12.4. The van der Waals surface area contributed by atoms with E-state index in [1.807, 2.05) is 0 Å². The third kappa shape index (κ3) is 4.14. The molecule has 1 unspecified atom stereocenters. The minimum Gasteiger partial charge on any atom is -0.491 e. The number of rotatable bonds is 7. The van der Waals surface area contributed by atoms with E-state index in [1.54, 1.807) is 18.2 Å². The van der Waals surface area contributed by atoms with Gasteiger partial charge in [0, 0.05) is 12.6 Å². The molecule has 132 valence electrons. The average molecular weight is 347 g/mol. The summed E-state index contributed by atoms with van der Waals surface area (Å²) in [5.41, 5.74) is 0.147. The molecule has 0 aromatic heterocycles. The van der Waals surface area contributed by atoms with Crippen LogP contribution in [0, 0.1) is 11.6 Å². The third-order valence-corrected chi connectivity index (χ3v) is 4.32. The molecule has 0 spiro atoms. The fourth-order valence-corrected chi connectivity index (χ4v) is 2.73. The van der Waals surface area contributed by atoms with Crippen molar-refractivity contribution in [1.82, 2.24) is 5.32 Å². The number of carbonyl (C=O) groups excluding carboxylic acids is 1. The van der Waals surface area contributed by atoms with Crippen LogP contribution in [0.4, 0.5) is 8.78 Å². The number of amides is 1. The van der Waals surface area contributed by atoms with Gasteiger partial charge in [-0.05, 0) is 42.7 Å². The molecule has 0 aliphatic heterocycles.